The molecule has 1 fully saturated rings. The van der Waals surface area contributed by atoms with Gasteiger partial charge in [-0.05, 0) is 30.7 Å². The number of hydrogen-bond donors (Lipinski definition) is 6. The molecule has 1 aliphatic rings. The number of amides is 1. The summed E-state index contributed by atoms with van der Waals surface area (Å²) in [5.74, 6) is -1.91. The van der Waals surface area contributed by atoms with Crippen LogP contribution < -0.4 is 15.4 Å². The van der Waals surface area contributed by atoms with Crippen LogP contribution >= 0.6 is 0 Å². The molecule has 1 saturated heterocycles. The van der Waals surface area contributed by atoms with Gasteiger partial charge in [0.25, 0.3) is 0 Å². The summed E-state index contributed by atoms with van der Waals surface area (Å²) in [5.41, 5.74) is 0.743. The Morgan fingerprint density at radius 1 is 1.15 bits per heavy atom. The lowest BCUT2D eigenvalue weighted by Crippen LogP contribution is -2.65. The molecule has 1 amide bonds. The van der Waals surface area contributed by atoms with Gasteiger partial charge in [0.2, 0.25) is 6.29 Å². The predicted molar refractivity (Wildman–Crippen MR) is 114 cm³/mol. The number of rotatable bonds is 7. The third kappa shape index (κ3) is 6.03. The van der Waals surface area contributed by atoms with Crippen LogP contribution in [-0.4, -0.2) is 76.0 Å². The Morgan fingerprint density at radius 3 is 2.50 bits per heavy atom. The molecule has 2 aromatic carbocycles. The molecule has 1 aliphatic heterocycles. The van der Waals surface area contributed by atoms with E-state index in [1.165, 1.54) is 25.1 Å². The van der Waals surface area contributed by atoms with Gasteiger partial charge in [-0.2, -0.15) is 13.2 Å². The summed E-state index contributed by atoms with van der Waals surface area (Å²) < 4.78 is 49.4. The monoisotopic (exact) mass is 486 g/mol. The van der Waals surface area contributed by atoms with Gasteiger partial charge in [-0.25, -0.2) is 0 Å². The normalized spacial score (nSPS) is 26.1. The molecule has 6 N–H and O–H groups in total. The number of benzene rings is 2. The van der Waals surface area contributed by atoms with E-state index < -0.39 is 55.6 Å². The number of halogens is 3. The predicted octanol–water partition coefficient (Wildman–Crippen LogP) is 0.969. The van der Waals surface area contributed by atoms with Crippen molar-refractivity contribution < 1.29 is 47.9 Å². The smallest absolute Gasteiger partial charge is 0.462 e. The van der Waals surface area contributed by atoms with Crippen molar-refractivity contribution in [3.8, 4) is 16.9 Å². The highest BCUT2D eigenvalue weighted by molar-refractivity contribution is 5.95. The van der Waals surface area contributed by atoms with Gasteiger partial charge in [-0.3, -0.25) is 10.1 Å². The van der Waals surface area contributed by atoms with Crippen molar-refractivity contribution in [2.45, 2.75) is 50.0 Å². The third-order valence-electron chi connectivity index (χ3n) is 5.13. The molecule has 0 bridgehead atoms. The molecule has 1 unspecified atom stereocenters. The van der Waals surface area contributed by atoms with E-state index in [4.69, 9.17) is 9.47 Å². The van der Waals surface area contributed by atoms with Crippen LogP contribution in [0.1, 0.15) is 6.92 Å². The molecule has 0 radical (unpaired) electrons. The summed E-state index contributed by atoms with van der Waals surface area (Å²) in [4.78, 5) is 11.3. The maximum absolute atomic E-state index is 12.6. The highest BCUT2D eigenvalue weighted by Crippen LogP contribution is 2.34. The Morgan fingerprint density at radius 2 is 1.85 bits per heavy atom. The lowest BCUT2D eigenvalue weighted by molar-refractivity contribution is -0.248. The molecule has 0 aromatic heterocycles. The number of nitrogens with one attached hydrogen (secondary N) is 2. The highest BCUT2D eigenvalue weighted by Gasteiger charge is 2.46. The van der Waals surface area contributed by atoms with Crippen LogP contribution in [0.5, 0.6) is 5.75 Å². The first-order chi connectivity index (χ1) is 16.0. The minimum Gasteiger partial charge on any atom is -0.462 e. The average Bonchev–Trinajstić information content (AvgIpc) is 2.78. The fourth-order valence-corrected chi connectivity index (χ4v) is 3.54. The zero-order valence-electron chi connectivity index (χ0n) is 17.9. The van der Waals surface area contributed by atoms with E-state index >= 15 is 0 Å². The van der Waals surface area contributed by atoms with Crippen LogP contribution in [0.3, 0.4) is 0 Å². The molecule has 0 spiro atoms. The van der Waals surface area contributed by atoms with E-state index in [1.54, 1.807) is 35.6 Å². The first-order valence-electron chi connectivity index (χ1n) is 10.3. The summed E-state index contributed by atoms with van der Waals surface area (Å²) in [6.45, 7) is 0.783. The number of anilines is 1. The average molecular weight is 486 g/mol. The number of carbonyl (C=O) groups is 1. The molecule has 0 saturated carbocycles. The van der Waals surface area contributed by atoms with Gasteiger partial charge >= 0.3 is 12.1 Å². The topological polar surface area (TPSA) is 141 Å². The van der Waals surface area contributed by atoms with Crippen molar-refractivity contribution in [2.24, 2.45) is 0 Å². The van der Waals surface area contributed by atoms with Crippen molar-refractivity contribution in [1.82, 2.24) is 5.32 Å². The van der Waals surface area contributed by atoms with Crippen molar-refractivity contribution in [2.75, 3.05) is 11.9 Å². The number of carbonyl (C=O) groups excluding carboxylic acids is 1. The van der Waals surface area contributed by atoms with Crippen molar-refractivity contribution >= 4 is 11.6 Å². The van der Waals surface area contributed by atoms with Gasteiger partial charge in [0.05, 0.1) is 6.61 Å². The number of ether oxygens (including phenoxy) is 2. The number of alkyl halides is 3. The Bertz CT molecular complexity index is 989. The minimum absolute atomic E-state index is 0.0870. The molecular weight excluding hydrogens is 461 g/mol. The van der Waals surface area contributed by atoms with E-state index in [-0.39, 0.29) is 11.4 Å². The lowest BCUT2D eigenvalue weighted by Gasteiger charge is -2.43. The molecule has 9 nitrogen and oxygen atoms in total. The fourth-order valence-electron chi connectivity index (χ4n) is 3.54. The maximum Gasteiger partial charge on any atom is 0.471 e. The number of aliphatic hydroxyl groups excluding tert-OH is 4. The van der Waals surface area contributed by atoms with E-state index in [0.717, 1.165) is 0 Å². The fraction of sp³-hybridized carbons (Fsp3) is 0.409. The molecule has 34 heavy (non-hydrogen) atoms. The van der Waals surface area contributed by atoms with E-state index in [0.29, 0.717) is 11.1 Å². The van der Waals surface area contributed by atoms with E-state index in [1.807, 2.05) is 0 Å². The van der Waals surface area contributed by atoms with Crippen molar-refractivity contribution in [3.05, 3.63) is 48.5 Å². The summed E-state index contributed by atoms with van der Waals surface area (Å²) >= 11 is 0. The molecule has 6 atom stereocenters. The first kappa shape index (κ1) is 25.9. The van der Waals surface area contributed by atoms with Crippen molar-refractivity contribution in [1.29, 1.82) is 0 Å². The Labute approximate surface area is 192 Å². The Balaban J connectivity index is 1.90. The van der Waals surface area contributed by atoms with Gasteiger partial charge < -0.3 is 35.2 Å². The first-order valence-corrected chi connectivity index (χ1v) is 10.3. The molecule has 186 valence electrons. The zero-order chi connectivity index (χ0) is 25.0. The molecular formula is C22H25F3N2O7. The standard InChI is InChI=1S/C22H25F3N2O7/c1-11(29)26-17-19(31)18(30)16(10-28)34-20(17)33-15-8-3-2-7-14(15)12-5-4-6-13(9-12)27-21(32)22(23,24)25/h2-9,11,16-20,26,28-31H,10H2,1H3,(H,27,32)/t11?,16-,17-,18+,19-,20-/m1/s1. The summed E-state index contributed by atoms with van der Waals surface area (Å²) in [6.07, 6.45) is -11.5. The zero-order valence-corrected chi connectivity index (χ0v) is 17.9. The quantitative estimate of drug-likeness (QED) is 0.318. The Hall–Kier alpha value is -2.74. The van der Waals surface area contributed by atoms with Crippen LogP contribution in [0.15, 0.2) is 48.5 Å². The summed E-state index contributed by atoms with van der Waals surface area (Å²) in [6, 6.07) is 11.0. The number of para-hydroxylation sites is 1. The van der Waals surface area contributed by atoms with E-state index in [9.17, 15) is 38.4 Å². The largest absolute Gasteiger partial charge is 0.471 e. The number of hydrogen-bond acceptors (Lipinski definition) is 8. The van der Waals surface area contributed by atoms with Crippen LogP contribution in [0.25, 0.3) is 11.1 Å². The summed E-state index contributed by atoms with van der Waals surface area (Å²) in [5, 5.41) is 44.3. The maximum atomic E-state index is 12.6. The van der Waals surface area contributed by atoms with Crippen LogP contribution in [0.4, 0.5) is 18.9 Å². The van der Waals surface area contributed by atoms with Crippen molar-refractivity contribution in [3.63, 3.8) is 0 Å². The second-order valence-electron chi connectivity index (χ2n) is 7.72. The van der Waals surface area contributed by atoms with Gasteiger partial charge in [-0.15, -0.1) is 0 Å². The van der Waals surface area contributed by atoms with Gasteiger partial charge in [-0.1, -0.05) is 30.3 Å². The molecule has 2 aromatic rings. The van der Waals surface area contributed by atoms with Gasteiger partial charge in [0.1, 0.15) is 36.3 Å². The van der Waals surface area contributed by atoms with Crippen LogP contribution in [0, 0.1) is 0 Å². The van der Waals surface area contributed by atoms with Gasteiger partial charge in [0, 0.05) is 11.3 Å². The minimum atomic E-state index is -5.05. The second kappa shape index (κ2) is 10.7. The molecule has 1 heterocycles. The summed E-state index contributed by atoms with van der Waals surface area (Å²) in [7, 11) is 0. The molecule has 3 rings (SSSR count). The van der Waals surface area contributed by atoms with Crippen LogP contribution in [0.2, 0.25) is 0 Å². The third-order valence-corrected chi connectivity index (χ3v) is 5.13. The van der Waals surface area contributed by atoms with Crippen LogP contribution in [-0.2, 0) is 9.53 Å². The van der Waals surface area contributed by atoms with E-state index in [2.05, 4.69) is 5.32 Å². The molecule has 0 aliphatic carbocycles. The SMILES string of the molecule is CC(O)N[C@H]1[C@H](Oc2ccccc2-c2cccc(NC(=O)C(F)(F)F)c2)O[C@H](CO)[C@H](O)[C@@H]1O. The van der Waals surface area contributed by atoms with Gasteiger partial charge in [0.15, 0.2) is 0 Å². The Kier molecular flexibility index (Phi) is 8.13. The highest BCUT2D eigenvalue weighted by atomic mass is 19.4. The number of aliphatic hydroxyl groups is 4. The molecule has 12 heteroatoms. The lowest BCUT2D eigenvalue weighted by atomic mass is 9.96. The second-order valence-corrected chi connectivity index (χ2v) is 7.72.